The number of carbonyl (C=O) groups is 1. The van der Waals surface area contributed by atoms with Gasteiger partial charge in [-0.3, -0.25) is 0 Å². The summed E-state index contributed by atoms with van der Waals surface area (Å²) in [6.45, 7) is 4.82. The molecule has 0 radical (unpaired) electrons. The van der Waals surface area contributed by atoms with Crippen LogP contribution in [0, 0.1) is 12.8 Å². The van der Waals surface area contributed by atoms with Crippen LogP contribution in [0.1, 0.15) is 25.8 Å². The third kappa shape index (κ3) is 3.38. The summed E-state index contributed by atoms with van der Waals surface area (Å²) in [5.41, 5.74) is 0.0860. The molecule has 4 nitrogen and oxygen atoms in total. The first-order chi connectivity index (χ1) is 10.6. The summed E-state index contributed by atoms with van der Waals surface area (Å²) < 4.78 is 44.4. The standard InChI is InChI=1S/C16H21F3N2O2/c1-10-9-11(5-6-12(10)23-4)20-14(22)21-8-7-13(15(21,2)3)16(17,18)19/h5-6,9,13H,7-8H2,1-4H3,(H,20,22)/t13-/m0/s1. The molecule has 0 unspecified atom stereocenters. The van der Waals surface area contributed by atoms with Gasteiger partial charge in [-0.05, 0) is 51.0 Å². The summed E-state index contributed by atoms with van der Waals surface area (Å²) in [5.74, 6) is -0.833. The second kappa shape index (κ2) is 5.94. The zero-order valence-corrected chi connectivity index (χ0v) is 13.6. The molecule has 0 aromatic heterocycles. The second-order valence-corrected chi connectivity index (χ2v) is 6.30. The molecule has 23 heavy (non-hydrogen) atoms. The van der Waals surface area contributed by atoms with Crippen LogP contribution in [0.4, 0.5) is 23.7 Å². The molecule has 1 aliphatic rings. The highest BCUT2D eigenvalue weighted by Crippen LogP contribution is 2.44. The van der Waals surface area contributed by atoms with Crippen molar-refractivity contribution < 1.29 is 22.7 Å². The predicted molar refractivity (Wildman–Crippen MR) is 81.7 cm³/mol. The molecule has 128 valence electrons. The minimum Gasteiger partial charge on any atom is -0.496 e. The highest BCUT2D eigenvalue weighted by Gasteiger charge is 2.56. The molecule has 0 aliphatic carbocycles. The number of ether oxygens (including phenoxy) is 1. The number of rotatable bonds is 2. The number of nitrogens with one attached hydrogen (secondary N) is 1. The quantitative estimate of drug-likeness (QED) is 0.883. The summed E-state index contributed by atoms with van der Waals surface area (Å²) >= 11 is 0. The van der Waals surface area contributed by atoms with Crippen molar-refractivity contribution in [3.05, 3.63) is 23.8 Å². The molecule has 1 aromatic rings. The van der Waals surface area contributed by atoms with Crippen molar-refractivity contribution in [1.82, 2.24) is 4.90 Å². The number of urea groups is 1. The van der Waals surface area contributed by atoms with E-state index in [1.54, 1.807) is 25.3 Å². The van der Waals surface area contributed by atoms with Crippen LogP contribution in [-0.2, 0) is 0 Å². The van der Waals surface area contributed by atoms with Gasteiger partial charge >= 0.3 is 12.2 Å². The number of hydrogen-bond acceptors (Lipinski definition) is 2. The fourth-order valence-electron chi connectivity index (χ4n) is 3.16. The lowest BCUT2D eigenvalue weighted by Gasteiger charge is -2.36. The Hall–Kier alpha value is -1.92. The molecule has 1 saturated heterocycles. The van der Waals surface area contributed by atoms with E-state index in [2.05, 4.69) is 5.32 Å². The molecule has 1 heterocycles. The molecule has 7 heteroatoms. The van der Waals surface area contributed by atoms with Gasteiger partial charge in [-0.2, -0.15) is 13.2 Å². The maximum absolute atomic E-state index is 13.1. The lowest BCUT2D eigenvalue weighted by atomic mass is 9.88. The van der Waals surface area contributed by atoms with E-state index in [4.69, 9.17) is 4.74 Å². The summed E-state index contributed by atoms with van der Waals surface area (Å²) in [4.78, 5) is 13.6. The van der Waals surface area contributed by atoms with Crippen molar-refractivity contribution in [3.8, 4) is 5.75 Å². The van der Waals surface area contributed by atoms with E-state index in [1.165, 1.54) is 18.7 Å². The van der Waals surface area contributed by atoms with Gasteiger partial charge in [0.15, 0.2) is 0 Å². The highest BCUT2D eigenvalue weighted by atomic mass is 19.4. The average molecular weight is 330 g/mol. The first kappa shape index (κ1) is 17.4. The van der Waals surface area contributed by atoms with Gasteiger partial charge in [-0.1, -0.05) is 0 Å². The Morgan fingerprint density at radius 3 is 2.52 bits per heavy atom. The Morgan fingerprint density at radius 1 is 1.39 bits per heavy atom. The van der Waals surface area contributed by atoms with E-state index in [-0.39, 0.29) is 13.0 Å². The molecule has 1 aliphatic heterocycles. The molecule has 0 saturated carbocycles. The number of amides is 2. The van der Waals surface area contributed by atoms with Crippen molar-refractivity contribution in [3.63, 3.8) is 0 Å². The third-order valence-electron chi connectivity index (χ3n) is 4.48. The number of nitrogens with zero attached hydrogens (tertiary/aromatic N) is 1. The van der Waals surface area contributed by atoms with Crippen LogP contribution in [0.2, 0.25) is 0 Å². The number of likely N-dealkylation sites (tertiary alicyclic amines) is 1. The monoisotopic (exact) mass is 330 g/mol. The molecule has 1 atom stereocenters. The maximum atomic E-state index is 13.1. The number of aryl methyl sites for hydroxylation is 1. The Bertz CT molecular complexity index is 599. The normalized spacial score (nSPS) is 20.5. The minimum atomic E-state index is -4.31. The van der Waals surface area contributed by atoms with Gasteiger partial charge < -0.3 is 15.0 Å². The Labute approximate surface area is 133 Å². The first-order valence-corrected chi connectivity index (χ1v) is 7.37. The van der Waals surface area contributed by atoms with Gasteiger partial charge in [0.1, 0.15) is 5.75 Å². The van der Waals surface area contributed by atoms with Crippen molar-refractivity contribution in [2.45, 2.75) is 38.9 Å². The van der Waals surface area contributed by atoms with Gasteiger partial charge in [0.2, 0.25) is 0 Å². The molecular weight excluding hydrogens is 309 g/mol. The fourth-order valence-corrected chi connectivity index (χ4v) is 3.16. The van der Waals surface area contributed by atoms with Crippen LogP contribution >= 0.6 is 0 Å². The van der Waals surface area contributed by atoms with Crippen LogP contribution in [0.15, 0.2) is 18.2 Å². The van der Waals surface area contributed by atoms with Gasteiger partial charge in [0, 0.05) is 12.2 Å². The number of halogens is 3. The SMILES string of the molecule is COc1ccc(NC(=O)N2CC[C@H](C(F)(F)F)C2(C)C)cc1C. The van der Waals surface area contributed by atoms with Crippen molar-refractivity contribution >= 4 is 11.7 Å². The second-order valence-electron chi connectivity index (χ2n) is 6.30. The predicted octanol–water partition coefficient (Wildman–Crippen LogP) is 4.20. The van der Waals surface area contributed by atoms with E-state index >= 15 is 0 Å². The number of methoxy groups -OCH3 is 1. The van der Waals surface area contributed by atoms with Crippen LogP contribution in [0.5, 0.6) is 5.75 Å². The number of hydrogen-bond donors (Lipinski definition) is 1. The maximum Gasteiger partial charge on any atom is 0.394 e. The van der Waals surface area contributed by atoms with Crippen LogP contribution in [-0.4, -0.2) is 36.3 Å². The zero-order chi connectivity index (χ0) is 17.4. The Balaban J connectivity index is 2.14. The average Bonchev–Trinajstić information content (AvgIpc) is 2.74. The van der Waals surface area contributed by atoms with E-state index in [1.807, 2.05) is 6.92 Å². The number of carbonyl (C=O) groups excluding carboxylic acids is 1. The first-order valence-electron chi connectivity index (χ1n) is 7.37. The summed E-state index contributed by atoms with van der Waals surface area (Å²) in [6, 6.07) is 4.57. The molecule has 2 rings (SSSR count). The Morgan fingerprint density at radius 2 is 2.04 bits per heavy atom. The van der Waals surface area contributed by atoms with Gasteiger partial charge in [0.25, 0.3) is 0 Å². The van der Waals surface area contributed by atoms with Crippen LogP contribution < -0.4 is 10.1 Å². The summed E-state index contributed by atoms with van der Waals surface area (Å²) in [5, 5.41) is 2.67. The Kier molecular flexibility index (Phi) is 4.50. The number of benzene rings is 1. The van der Waals surface area contributed by atoms with Crippen molar-refractivity contribution in [1.29, 1.82) is 0 Å². The van der Waals surface area contributed by atoms with Gasteiger partial charge in [0.05, 0.1) is 18.6 Å². The van der Waals surface area contributed by atoms with Gasteiger partial charge in [-0.15, -0.1) is 0 Å². The molecule has 2 amide bonds. The third-order valence-corrected chi connectivity index (χ3v) is 4.48. The molecule has 0 bridgehead atoms. The van der Waals surface area contributed by atoms with E-state index in [0.717, 1.165) is 5.56 Å². The zero-order valence-electron chi connectivity index (χ0n) is 13.6. The van der Waals surface area contributed by atoms with Gasteiger partial charge in [-0.25, -0.2) is 4.79 Å². The molecular formula is C16H21F3N2O2. The largest absolute Gasteiger partial charge is 0.496 e. The lowest BCUT2D eigenvalue weighted by Crippen LogP contribution is -2.51. The van der Waals surface area contributed by atoms with Crippen LogP contribution in [0.25, 0.3) is 0 Å². The number of alkyl halides is 3. The van der Waals surface area contributed by atoms with Crippen molar-refractivity contribution in [2.75, 3.05) is 19.0 Å². The summed E-state index contributed by atoms with van der Waals surface area (Å²) in [7, 11) is 1.55. The fraction of sp³-hybridized carbons (Fsp3) is 0.562. The van der Waals surface area contributed by atoms with Crippen molar-refractivity contribution in [2.24, 2.45) is 5.92 Å². The number of anilines is 1. The van der Waals surface area contributed by atoms with E-state index in [0.29, 0.717) is 11.4 Å². The van der Waals surface area contributed by atoms with E-state index in [9.17, 15) is 18.0 Å². The molecule has 1 N–H and O–H groups in total. The van der Waals surface area contributed by atoms with Crippen LogP contribution in [0.3, 0.4) is 0 Å². The van der Waals surface area contributed by atoms with E-state index < -0.39 is 23.7 Å². The lowest BCUT2D eigenvalue weighted by molar-refractivity contribution is -0.189. The topological polar surface area (TPSA) is 41.6 Å². The molecule has 0 spiro atoms. The highest BCUT2D eigenvalue weighted by molar-refractivity contribution is 5.90. The molecule has 1 fully saturated rings. The minimum absolute atomic E-state index is 0.0778. The summed E-state index contributed by atoms with van der Waals surface area (Å²) in [6.07, 6.45) is -4.39. The molecule has 1 aromatic carbocycles. The smallest absolute Gasteiger partial charge is 0.394 e.